The van der Waals surface area contributed by atoms with Crippen LogP contribution in [0.3, 0.4) is 0 Å². The molecule has 0 amide bonds. The van der Waals surface area contributed by atoms with Gasteiger partial charge in [0.25, 0.3) is 0 Å². The van der Waals surface area contributed by atoms with E-state index in [1.807, 2.05) is 21.1 Å². The van der Waals surface area contributed by atoms with Crippen molar-refractivity contribution in [1.29, 1.82) is 0 Å². The molecule has 0 fully saturated rings. The average Bonchev–Trinajstić information content (AvgIpc) is 3.18. The number of ether oxygens (including phenoxy) is 2. The average molecular weight is 831 g/mol. The molecule has 2 unspecified atom stereocenters. The van der Waals surface area contributed by atoms with Crippen LogP contribution in [0.5, 0.6) is 0 Å². The molecule has 0 radical (unpaired) electrons. The van der Waals surface area contributed by atoms with Crippen molar-refractivity contribution in [2.24, 2.45) is 0 Å². The van der Waals surface area contributed by atoms with Gasteiger partial charge in [-0.3, -0.25) is 13.8 Å². The van der Waals surface area contributed by atoms with Gasteiger partial charge in [-0.15, -0.1) is 0 Å². The van der Waals surface area contributed by atoms with Gasteiger partial charge in [0.1, 0.15) is 19.3 Å². The Bertz CT molecular complexity index is 1240. The highest BCUT2D eigenvalue weighted by Crippen LogP contribution is 2.43. The Labute approximate surface area is 356 Å². The minimum atomic E-state index is -4.29. The molecule has 0 rings (SSSR count). The normalized spacial score (nSPS) is 14.7. The first kappa shape index (κ1) is 55.4. The van der Waals surface area contributed by atoms with Gasteiger partial charge in [0.05, 0.1) is 34.4 Å². The number of carbonyl (C=O) groups excluding carboxylic acids is 1. The molecule has 0 aromatic rings. The first-order valence-electron chi connectivity index (χ1n) is 22.5. The zero-order valence-electron chi connectivity index (χ0n) is 37.5. The molecule has 2 atom stereocenters. The molecule has 0 aliphatic heterocycles. The summed E-state index contributed by atoms with van der Waals surface area (Å²) in [6.07, 6.45) is 56.0. The fourth-order valence-electron chi connectivity index (χ4n) is 5.41. The minimum absolute atomic E-state index is 0.0727. The van der Waals surface area contributed by atoms with Gasteiger partial charge in [0.2, 0.25) is 0 Å². The summed E-state index contributed by atoms with van der Waals surface area (Å²) in [6, 6.07) is 0. The summed E-state index contributed by atoms with van der Waals surface area (Å²) < 4.78 is 34.9. The van der Waals surface area contributed by atoms with E-state index in [9.17, 15) is 14.3 Å². The van der Waals surface area contributed by atoms with Crippen molar-refractivity contribution < 1.29 is 37.3 Å². The van der Waals surface area contributed by atoms with Crippen LogP contribution in [0.2, 0.25) is 0 Å². The highest BCUT2D eigenvalue weighted by molar-refractivity contribution is 7.47. The van der Waals surface area contributed by atoms with Crippen LogP contribution in [0, 0.1) is 0 Å². The zero-order valence-corrected chi connectivity index (χ0v) is 38.4. The standard InChI is InChI=1S/C49H84NO7P/c1-6-8-10-12-14-16-18-20-21-22-23-24-25-26-27-28-29-30-31-33-35-37-39-41-44-54-46-48(47-56-58(52,53)55-45-43-50(3,4)5)57-49(51)42-40-38-36-34-32-19-17-15-13-11-9-7-2/h8,10,14-17,20-21,23-24,26-27,29-30,33,35,48H,6-7,9,11-13,18-19,22,25,28,31-32,34,36-47H2,1-5H3/p+1/b10-8-,16-14-,17-15-,21-20-,24-23-,27-26-,30-29-,35-33-. The number of rotatable bonds is 40. The Balaban J connectivity index is 4.32. The number of hydrogen-bond acceptors (Lipinski definition) is 6. The van der Waals surface area contributed by atoms with E-state index >= 15 is 0 Å². The van der Waals surface area contributed by atoms with Crippen LogP contribution in [-0.4, -0.2) is 75.6 Å². The Morgan fingerprint density at radius 3 is 1.52 bits per heavy atom. The summed E-state index contributed by atoms with van der Waals surface area (Å²) in [6.45, 7) is 5.32. The molecule has 0 aromatic heterocycles. The van der Waals surface area contributed by atoms with Crippen LogP contribution in [-0.2, 0) is 27.9 Å². The topological polar surface area (TPSA) is 91.3 Å². The van der Waals surface area contributed by atoms with Gasteiger partial charge in [0, 0.05) is 13.0 Å². The summed E-state index contributed by atoms with van der Waals surface area (Å²) in [4.78, 5) is 22.8. The van der Waals surface area contributed by atoms with Gasteiger partial charge < -0.3 is 18.9 Å². The SMILES string of the molecule is CC/C=C\C/C=C\C/C=C\C/C=C\C/C=C\C/C=C\C/C=C\CCCCOCC(COP(=O)(O)OCC[N+](C)(C)C)OC(=O)CCCCCCC/C=C\CCCCC. The molecule has 0 heterocycles. The molecular weight excluding hydrogens is 746 g/mol. The molecule has 0 aliphatic rings. The van der Waals surface area contributed by atoms with Gasteiger partial charge >= 0.3 is 13.8 Å². The second kappa shape index (κ2) is 41.2. The third kappa shape index (κ3) is 44.5. The maximum Gasteiger partial charge on any atom is 0.472 e. The van der Waals surface area contributed by atoms with Crippen LogP contribution in [0.1, 0.15) is 149 Å². The van der Waals surface area contributed by atoms with Crippen LogP contribution in [0.4, 0.5) is 0 Å². The van der Waals surface area contributed by atoms with E-state index in [4.69, 9.17) is 18.5 Å². The molecule has 1 N–H and O–H groups in total. The van der Waals surface area contributed by atoms with Crippen LogP contribution >= 0.6 is 7.82 Å². The molecule has 58 heavy (non-hydrogen) atoms. The fourth-order valence-corrected chi connectivity index (χ4v) is 6.15. The number of phosphoric acid groups is 1. The number of unbranched alkanes of at least 4 members (excludes halogenated alkanes) is 10. The Kier molecular flexibility index (Phi) is 39.3. The van der Waals surface area contributed by atoms with Crippen LogP contribution in [0.15, 0.2) is 97.2 Å². The first-order valence-corrected chi connectivity index (χ1v) is 24.0. The van der Waals surface area contributed by atoms with E-state index in [-0.39, 0.29) is 25.8 Å². The van der Waals surface area contributed by atoms with Crippen LogP contribution < -0.4 is 0 Å². The quantitative estimate of drug-likeness (QED) is 0.0216. The summed E-state index contributed by atoms with van der Waals surface area (Å²) in [5.74, 6) is -0.344. The molecule has 0 saturated heterocycles. The Morgan fingerprint density at radius 2 is 1.00 bits per heavy atom. The Hall–Kier alpha value is -2.58. The van der Waals surface area contributed by atoms with E-state index in [2.05, 4.69) is 111 Å². The van der Waals surface area contributed by atoms with E-state index in [0.29, 0.717) is 24.1 Å². The summed E-state index contributed by atoms with van der Waals surface area (Å²) in [5.41, 5.74) is 0. The van der Waals surface area contributed by atoms with E-state index < -0.39 is 13.9 Å². The number of nitrogens with zero attached hydrogens (tertiary/aromatic N) is 1. The highest BCUT2D eigenvalue weighted by Gasteiger charge is 2.26. The lowest BCUT2D eigenvalue weighted by molar-refractivity contribution is -0.870. The zero-order chi connectivity index (χ0) is 42.7. The fraction of sp³-hybridized carbons (Fsp3) is 0.653. The number of esters is 1. The summed E-state index contributed by atoms with van der Waals surface area (Å²) in [7, 11) is 1.61. The molecular formula is C49H85NO7P+. The second-order valence-electron chi connectivity index (χ2n) is 15.7. The van der Waals surface area contributed by atoms with Crippen molar-refractivity contribution in [3.63, 3.8) is 0 Å². The van der Waals surface area contributed by atoms with Gasteiger partial charge in [-0.05, 0) is 96.3 Å². The van der Waals surface area contributed by atoms with E-state index in [1.165, 1.54) is 32.1 Å². The van der Waals surface area contributed by atoms with Gasteiger partial charge in [0.15, 0.2) is 0 Å². The number of allylic oxidation sites excluding steroid dienone is 16. The maximum absolute atomic E-state index is 12.7. The minimum Gasteiger partial charge on any atom is -0.457 e. The molecule has 0 saturated carbocycles. The smallest absolute Gasteiger partial charge is 0.457 e. The van der Waals surface area contributed by atoms with Crippen molar-refractivity contribution in [3.8, 4) is 0 Å². The lowest BCUT2D eigenvalue weighted by atomic mass is 10.1. The number of quaternary nitrogens is 1. The van der Waals surface area contributed by atoms with E-state index in [0.717, 1.165) is 96.3 Å². The molecule has 9 heteroatoms. The number of hydrogen-bond donors (Lipinski definition) is 1. The molecule has 0 aromatic carbocycles. The third-order valence-electron chi connectivity index (χ3n) is 8.88. The Morgan fingerprint density at radius 1 is 0.552 bits per heavy atom. The highest BCUT2D eigenvalue weighted by atomic mass is 31.2. The molecule has 8 nitrogen and oxygen atoms in total. The monoisotopic (exact) mass is 831 g/mol. The molecule has 332 valence electrons. The molecule has 0 spiro atoms. The van der Waals surface area contributed by atoms with Gasteiger partial charge in [-0.1, -0.05) is 143 Å². The number of likely N-dealkylation sites (N-methyl/N-ethyl adjacent to an activating group) is 1. The predicted molar refractivity (Wildman–Crippen MR) is 247 cm³/mol. The molecule has 0 aliphatic carbocycles. The lowest BCUT2D eigenvalue weighted by Gasteiger charge is -2.24. The first-order chi connectivity index (χ1) is 28.1. The van der Waals surface area contributed by atoms with Crippen molar-refractivity contribution in [2.45, 2.75) is 155 Å². The predicted octanol–water partition coefficient (Wildman–Crippen LogP) is 13.4. The van der Waals surface area contributed by atoms with Crippen LogP contribution in [0.25, 0.3) is 0 Å². The number of carbonyl (C=O) groups is 1. The largest absolute Gasteiger partial charge is 0.472 e. The summed E-state index contributed by atoms with van der Waals surface area (Å²) >= 11 is 0. The molecule has 0 bridgehead atoms. The van der Waals surface area contributed by atoms with Crippen molar-refractivity contribution in [3.05, 3.63) is 97.2 Å². The van der Waals surface area contributed by atoms with Gasteiger partial charge in [-0.25, -0.2) is 4.57 Å². The van der Waals surface area contributed by atoms with E-state index in [1.54, 1.807) is 0 Å². The third-order valence-corrected chi connectivity index (χ3v) is 9.86. The summed E-state index contributed by atoms with van der Waals surface area (Å²) in [5, 5.41) is 0. The second-order valence-corrected chi connectivity index (χ2v) is 17.1. The lowest BCUT2D eigenvalue weighted by Crippen LogP contribution is -2.37. The van der Waals surface area contributed by atoms with Crippen molar-refractivity contribution in [2.75, 3.05) is 54.1 Å². The van der Waals surface area contributed by atoms with Crippen molar-refractivity contribution >= 4 is 13.8 Å². The number of phosphoric ester groups is 1. The van der Waals surface area contributed by atoms with Gasteiger partial charge in [-0.2, -0.15) is 0 Å². The maximum atomic E-state index is 12.7. The van der Waals surface area contributed by atoms with Crippen molar-refractivity contribution in [1.82, 2.24) is 0 Å².